The summed E-state index contributed by atoms with van der Waals surface area (Å²) in [6.07, 6.45) is 3.40. The number of anilines is 2. The zero-order valence-corrected chi connectivity index (χ0v) is 9.88. The van der Waals surface area contributed by atoms with Crippen LogP contribution in [0.5, 0.6) is 5.75 Å². The molecule has 1 aromatic carbocycles. The van der Waals surface area contributed by atoms with E-state index in [1.54, 1.807) is 30.6 Å². The molecule has 5 heteroatoms. The maximum absolute atomic E-state index is 11.2. The van der Waals surface area contributed by atoms with E-state index in [4.69, 9.17) is 10.5 Å². The fraction of sp³-hybridized carbons (Fsp3) is 0.0769. The number of nitrogens with two attached hydrogens (primary N) is 1. The molecule has 1 amide bonds. The number of primary amides is 1. The van der Waals surface area contributed by atoms with Gasteiger partial charge in [0.2, 0.25) is 0 Å². The number of nitrogens with one attached hydrogen (secondary N) is 1. The first kappa shape index (κ1) is 11.9. The van der Waals surface area contributed by atoms with Gasteiger partial charge in [0, 0.05) is 18.0 Å². The Morgan fingerprint density at radius 1 is 1.33 bits per heavy atom. The molecule has 0 saturated heterocycles. The van der Waals surface area contributed by atoms with Crippen LogP contribution >= 0.6 is 0 Å². The molecule has 0 bridgehead atoms. The third-order valence-corrected chi connectivity index (χ3v) is 2.42. The second-order valence-electron chi connectivity index (χ2n) is 3.65. The van der Waals surface area contributed by atoms with Crippen LogP contribution in [0.1, 0.15) is 10.4 Å². The molecule has 92 valence electrons. The highest BCUT2D eigenvalue weighted by Crippen LogP contribution is 2.24. The van der Waals surface area contributed by atoms with Gasteiger partial charge < -0.3 is 15.8 Å². The molecule has 1 heterocycles. The third-order valence-electron chi connectivity index (χ3n) is 2.42. The largest absolute Gasteiger partial charge is 0.496 e. The number of nitrogens with zero attached hydrogens (tertiary/aromatic N) is 1. The van der Waals surface area contributed by atoms with E-state index in [0.29, 0.717) is 11.3 Å². The zero-order chi connectivity index (χ0) is 13.0. The van der Waals surface area contributed by atoms with Gasteiger partial charge in [-0.3, -0.25) is 9.78 Å². The van der Waals surface area contributed by atoms with E-state index in [1.165, 1.54) is 7.11 Å². The molecule has 0 unspecified atom stereocenters. The fourth-order valence-corrected chi connectivity index (χ4v) is 1.58. The Kier molecular flexibility index (Phi) is 3.43. The van der Waals surface area contributed by atoms with Crippen molar-refractivity contribution in [3.63, 3.8) is 0 Å². The van der Waals surface area contributed by atoms with Crippen molar-refractivity contribution in [3.05, 3.63) is 48.3 Å². The normalized spacial score (nSPS) is 9.83. The second kappa shape index (κ2) is 5.18. The number of hydrogen-bond donors (Lipinski definition) is 2. The Bertz CT molecular complexity index is 555. The van der Waals surface area contributed by atoms with Crippen LogP contribution in [0, 0.1) is 0 Å². The minimum absolute atomic E-state index is 0.356. The summed E-state index contributed by atoms with van der Waals surface area (Å²) in [5.41, 5.74) is 7.25. The molecule has 2 aromatic rings. The van der Waals surface area contributed by atoms with E-state index in [9.17, 15) is 4.79 Å². The number of benzene rings is 1. The van der Waals surface area contributed by atoms with Crippen molar-refractivity contribution in [2.45, 2.75) is 0 Å². The summed E-state index contributed by atoms with van der Waals surface area (Å²) >= 11 is 0. The van der Waals surface area contributed by atoms with Gasteiger partial charge in [-0.2, -0.15) is 0 Å². The molecular formula is C13H13N3O2. The van der Waals surface area contributed by atoms with Crippen LogP contribution in [-0.4, -0.2) is 18.0 Å². The van der Waals surface area contributed by atoms with E-state index >= 15 is 0 Å². The Hall–Kier alpha value is -2.56. The predicted octanol–water partition coefficient (Wildman–Crippen LogP) is 1.93. The van der Waals surface area contributed by atoms with Crippen molar-refractivity contribution in [1.82, 2.24) is 4.98 Å². The molecular weight excluding hydrogens is 230 g/mol. The lowest BCUT2D eigenvalue weighted by atomic mass is 10.1. The minimum atomic E-state index is -0.514. The first-order valence-corrected chi connectivity index (χ1v) is 5.35. The van der Waals surface area contributed by atoms with Crippen LogP contribution in [-0.2, 0) is 0 Å². The highest BCUT2D eigenvalue weighted by atomic mass is 16.5. The first-order chi connectivity index (χ1) is 8.70. The quantitative estimate of drug-likeness (QED) is 0.860. The molecule has 18 heavy (non-hydrogen) atoms. The summed E-state index contributed by atoms with van der Waals surface area (Å²) < 4.78 is 5.13. The molecule has 0 fully saturated rings. The molecule has 3 N–H and O–H groups in total. The third kappa shape index (κ3) is 2.57. The highest BCUT2D eigenvalue weighted by molar-refractivity contribution is 5.96. The summed E-state index contributed by atoms with van der Waals surface area (Å²) in [5, 5.41) is 3.15. The standard InChI is InChI=1S/C13H13N3O2/c1-18-12-7-9(4-5-11(12)13(14)17)16-10-3-2-6-15-8-10/h2-8,16H,1H3,(H2,14,17). The monoisotopic (exact) mass is 243 g/mol. The summed E-state index contributed by atoms with van der Waals surface area (Å²) in [5.74, 6) is -0.0730. The predicted molar refractivity (Wildman–Crippen MR) is 69.0 cm³/mol. The highest BCUT2D eigenvalue weighted by Gasteiger charge is 2.09. The molecule has 0 aliphatic heterocycles. The number of carbonyl (C=O) groups is 1. The number of methoxy groups -OCH3 is 1. The topological polar surface area (TPSA) is 77.2 Å². The van der Waals surface area contributed by atoms with Gasteiger partial charge >= 0.3 is 0 Å². The average Bonchev–Trinajstić information content (AvgIpc) is 2.39. The molecule has 0 aliphatic rings. The van der Waals surface area contributed by atoms with Gasteiger partial charge in [-0.25, -0.2) is 0 Å². The van der Waals surface area contributed by atoms with Crippen molar-refractivity contribution >= 4 is 17.3 Å². The summed E-state index contributed by atoms with van der Waals surface area (Å²) in [6, 6.07) is 8.82. The van der Waals surface area contributed by atoms with Crippen LogP contribution in [0.15, 0.2) is 42.7 Å². The van der Waals surface area contributed by atoms with Crippen molar-refractivity contribution < 1.29 is 9.53 Å². The zero-order valence-electron chi connectivity index (χ0n) is 9.88. The van der Waals surface area contributed by atoms with Crippen molar-refractivity contribution in [2.24, 2.45) is 5.73 Å². The van der Waals surface area contributed by atoms with Crippen molar-refractivity contribution in [3.8, 4) is 5.75 Å². The summed E-state index contributed by atoms with van der Waals surface area (Å²) in [7, 11) is 1.50. The van der Waals surface area contributed by atoms with E-state index in [1.807, 2.05) is 12.1 Å². The lowest BCUT2D eigenvalue weighted by molar-refractivity contribution is 0.0997. The lowest BCUT2D eigenvalue weighted by Gasteiger charge is -2.10. The number of carbonyl (C=O) groups excluding carboxylic acids is 1. The Labute approximate surface area is 105 Å². The van der Waals surface area contributed by atoms with E-state index in [-0.39, 0.29) is 0 Å². The lowest BCUT2D eigenvalue weighted by Crippen LogP contribution is -2.12. The van der Waals surface area contributed by atoms with Gasteiger partial charge in [-0.05, 0) is 24.3 Å². The van der Waals surface area contributed by atoms with Gasteiger partial charge in [-0.15, -0.1) is 0 Å². The molecule has 0 spiro atoms. The van der Waals surface area contributed by atoms with Gasteiger partial charge in [0.15, 0.2) is 0 Å². The Morgan fingerprint density at radius 2 is 2.17 bits per heavy atom. The molecule has 5 nitrogen and oxygen atoms in total. The number of ether oxygens (including phenoxy) is 1. The van der Waals surface area contributed by atoms with Crippen LogP contribution in [0.2, 0.25) is 0 Å². The Balaban J connectivity index is 2.28. The number of aromatic nitrogens is 1. The number of rotatable bonds is 4. The first-order valence-electron chi connectivity index (χ1n) is 5.35. The molecule has 1 aromatic heterocycles. The van der Waals surface area contributed by atoms with Crippen LogP contribution in [0.4, 0.5) is 11.4 Å². The van der Waals surface area contributed by atoms with E-state index in [2.05, 4.69) is 10.3 Å². The van der Waals surface area contributed by atoms with Gasteiger partial charge in [0.05, 0.1) is 24.6 Å². The van der Waals surface area contributed by atoms with Gasteiger partial charge in [0.25, 0.3) is 5.91 Å². The van der Waals surface area contributed by atoms with Crippen LogP contribution in [0.25, 0.3) is 0 Å². The number of amides is 1. The molecule has 0 radical (unpaired) electrons. The van der Waals surface area contributed by atoms with Gasteiger partial charge in [-0.1, -0.05) is 0 Å². The van der Waals surface area contributed by atoms with Crippen LogP contribution in [0.3, 0.4) is 0 Å². The summed E-state index contributed by atoms with van der Waals surface area (Å²) in [6.45, 7) is 0. The van der Waals surface area contributed by atoms with Gasteiger partial charge in [0.1, 0.15) is 5.75 Å². The van der Waals surface area contributed by atoms with Crippen molar-refractivity contribution in [1.29, 1.82) is 0 Å². The maximum Gasteiger partial charge on any atom is 0.252 e. The average molecular weight is 243 g/mol. The molecule has 2 rings (SSSR count). The van der Waals surface area contributed by atoms with E-state index in [0.717, 1.165) is 11.4 Å². The Morgan fingerprint density at radius 3 is 2.78 bits per heavy atom. The molecule has 0 aliphatic carbocycles. The smallest absolute Gasteiger partial charge is 0.252 e. The SMILES string of the molecule is COc1cc(Nc2cccnc2)ccc1C(N)=O. The number of hydrogen-bond acceptors (Lipinski definition) is 4. The fourth-order valence-electron chi connectivity index (χ4n) is 1.58. The summed E-state index contributed by atoms with van der Waals surface area (Å²) in [4.78, 5) is 15.2. The minimum Gasteiger partial charge on any atom is -0.496 e. The number of pyridine rings is 1. The van der Waals surface area contributed by atoms with E-state index < -0.39 is 5.91 Å². The maximum atomic E-state index is 11.2. The second-order valence-corrected chi connectivity index (χ2v) is 3.65. The molecule has 0 saturated carbocycles. The van der Waals surface area contributed by atoms with Crippen molar-refractivity contribution in [2.75, 3.05) is 12.4 Å². The van der Waals surface area contributed by atoms with Crippen LogP contribution < -0.4 is 15.8 Å². The molecule has 0 atom stereocenters.